The lowest BCUT2D eigenvalue weighted by Gasteiger charge is -1.98. The van der Waals surface area contributed by atoms with Crippen molar-refractivity contribution in [3.05, 3.63) is 23.2 Å². The average molecular weight is 234 g/mol. The van der Waals surface area contributed by atoms with Crippen LogP contribution in [0.4, 0.5) is 11.8 Å². The predicted molar refractivity (Wildman–Crippen MR) is 65.2 cm³/mol. The Morgan fingerprint density at radius 2 is 1.94 bits per heavy atom. The SMILES string of the molecule is Nc1nc(N)c2c(n1)[nH]c1cccc(Cl)c12. The Morgan fingerprint density at radius 3 is 2.75 bits per heavy atom. The minimum atomic E-state index is 0.146. The zero-order valence-electron chi connectivity index (χ0n) is 8.16. The van der Waals surface area contributed by atoms with E-state index in [-0.39, 0.29) is 5.95 Å². The highest BCUT2D eigenvalue weighted by Crippen LogP contribution is 2.33. The van der Waals surface area contributed by atoms with Crippen molar-refractivity contribution in [3.8, 4) is 0 Å². The van der Waals surface area contributed by atoms with Gasteiger partial charge in [-0.2, -0.15) is 9.97 Å². The first-order valence-corrected chi connectivity index (χ1v) is 5.03. The largest absolute Gasteiger partial charge is 0.383 e. The summed E-state index contributed by atoms with van der Waals surface area (Å²) in [5, 5.41) is 2.16. The summed E-state index contributed by atoms with van der Waals surface area (Å²) in [5.74, 6) is 0.481. The van der Waals surface area contributed by atoms with E-state index in [0.29, 0.717) is 16.5 Å². The molecule has 3 aromatic rings. The normalized spacial score (nSPS) is 11.3. The van der Waals surface area contributed by atoms with E-state index in [9.17, 15) is 0 Å². The van der Waals surface area contributed by atoms with Crippen molar-refractivity contribution >= 4 is 45.3 Å². The number of nitrogens with two attached hydrogens (primary N) is 2. The number of hydrogen-bond donors (Lipinski definition) is 3. The number of fused-ring (bicyclic) bond motifs is 3. The van der Waals surface area contributed by atoms with Gasteiger partial charge in [-0.05, 0) is 12.1 Å². The van der Waals surface area contributed by atoms with Gasteiger partial charge < -0.3 is 16.5 Å². The number of hydrogen-bond acceptors (Lipinski definition) is 4. The summed E-state index contributed by atoms with van der Waals surface area (Å²) in [6.45, 7) is 0. The molecule has 2 heterocycles. The van der Waals surface area contributed by atoms with E-state index < -0.39 is 0 Å². The quantitative estimate of drug-likeness (QED) is 0.553. The molecule has 0 bridgehead atoms. The van der Waals surface area contributed by atoms with Crippen LogP contribution in [0.2, 0.25) is 5.02 Å². The van der Waals surface area contributed by atoms with Crippen molar-refractivity contribution in [2.24, 2.45) is 0 Å². The van der Waals surface area contributed by atoms with Crippen LogP contribution in [0.25, 0.3) is 21.9 Å². The fourth-order valence-electron chi connectivity index (χ4n) is 1.84. The Kier molecular flexibility index (Phi) is 1.73. The van der Waals surface area contributed by atoms with Crippen molar-refractivity contribution in [1.82, 2.24) is 15.0 Å². The van der Waals surface area contributed by atoms with E-state index in [1.165, 1.54) is 0 Å². The highest BCUT2D eigenvalue weighted by molar-refractivity contribution is 6.38. The molecule has 3 rings (SSSR count). The van der Waals surface area contributed by atoms with Crippen LogP contribution in [0.1, 0.15) is 0 Å². The summed E-state index contributed by atoms with van der Waals surface area (Å²) in [6.07, 6.45) is 0. The van der Waals surface area contributed by atoms with E-state index in [1.54, 1.807) is 6.07 Å². The first-order chi connectivity index (χ1) is 7.66. The summed E-state index contributed by atoms with van der Waals surface area (Å²) >= 11 is 6.13. The second-order valence-corrected chi connectivity index (χ2v) is 3.89. The Bertz CT molecular complexity index is 703. The molecule has 0 amide bonds. The third-order valence-electron chi connectivity index (χ3n) is 2.47. The zero-order valence-corrected chi connectivity index (χ0v) is 8.92. The molecule has 16 heavy (non-hydrogen) atoms. The molecule has 0 unspecified atom stereocenters. The Hall–Kier alpha value is -2.01. The van der Waals surface area contributed by atoms with Gasteiger partial charge in [-0.25, -0.2) is 0 Å². The van der Waals surface area contributed by atoms with Gasteiger partial charge in [-0.3, -0.25) is 0 Å². The number of H-pyrrole nitrogens is 1. The van der Waals surface area contributed by atoms with Gasteiger partial charge in [0.05, 0.1) is 10.4 Å². The van der Waals surface area contributed by atoms with Crippen LogP contribution in [0.3, 0.4) is 0 Å². The van der Waals surface area contributed by atoms with E-state index in [4.69, 9.17) is 23.1 Å². The second kappa shape index (κ2) is 2.99. The van der Waals surface area contributed by atoms with Crippen molar-refractivity contribution in [3.63, 3.8) is 0 Å². The Morgan fingerprint density at radius 1 is 1.12 bits per heavy atom. The molecule has 0 radical (unpaired) electrons. The number of benzene rings is 1. The van der Waals surface area contributed by atoms with Gasteiger partial charge in [0.2, 0.25) is 5.95 Å². The summed E-state index contributed by atoms with van der Waals surface area (Å²) < 4.78 is 0. The molecule has 1 aromatic carbocycles. The zero-order chi connectivity index (χ0) is 11.3. The fraction of sp³-hybridized carbons (Fsp3) is 0. The molecule has 0 aliphatic carbocycles. The molecule has 6 heteroatoms. The third kappa shape index (κ3) is 1.12. The maximum Gasteiger partial charge on any atom is 0.223 e. The molecule has 0 spiro atoms. The first-order valence-electron chi connectivity index (χ1n) is 4.65. The third-order valence-corrected chi connectivity index (χ3v) is 2.79. The van der Waals surface area contributed by atoms with Crippen LogP contribution in [0.5, 0.6) is 0 Å². The van der Waals surface area contributed by atoms with Gasteiger partial charge in [0, 0.05) is 10.9 Å². The number of nitrogens with one attached hydrogen (secondary N) is 1. The van der Waals surface area contributed by atoms with Crippen molar-refractivity contribution in [1.29, 1.82) is 0 Å². The number of anilines is 2. The van der Waals surface area contributed by atoms with Crippen LogP contribution >= 0.6 is 11.6 Å². The average Bonchev–Trinajstić information content (AvgIpc) is 2.56. The van der Waals surface area contributed by atoms with Gasteiger partial charge in [-0.1, -0.05) is 17.7 Å². The molecule has 2 aromatic heterocycles. The van der Waals surface area contributed by atoms with Gasteiger partial charge in [-0.15, -0.1) is 0 Å². The molecule has 0 aliphatic heterocycles. The van der Waals surface area contributed by atoms with Crippen LogP contribution in [-0.2, 0) is 0 Å². The number of aromatic amines is 1. The lowest BCUT2D eigenvalue weighted by atomic mass is 10.2. The molecule has 0 aliphatic rings. The first kappa shape index (κ1) is 9.23. The highest BCUT2D eigenvalue weighted by Gasteiger charge is 2.12. The van der Waals surface area contributed by atoms with Gasteiger partial charge in [0.1, 0.15) is 11.5 Å². The molecule has 5 nitrogen and oxygen atoms in total. The Labute approximate surface area is 95.4 Å². The molecule has 0 saturated carbocycles. The van der Waals surface area contributed by atoms with Crippen molar-refractivity contribution in [2.45, 2.75) is 0 Å². The molecule has 0 atom stereocenters. The number of aromatic nitrogens is 3. The van der Waals surface area contributed by atoms with Gasteiger partial charge in [0.25, 0.3) is 0 Å². The molecule has 5 N–H and O–H groups in total. The summed E-state index contributed by atoms with van der Waals surface area (Å²) in [6, 6.07) is 5.55. The lowest BCUT2D eigenvalue weighted by Crippen LogP contribution is -1.99. The van der Waals surface area contributed by atoms with E-state index in [2.05, 4.69) is 15.0 Å². The maximum absolute atomic E-state index is 6.13. The topological polar surface area (TPSA) is 93.6 Å². The smallest absolute Gasteiger partial charge is 0.223 e. The fourth-order valence-corrected chi connectivity index (χ4v) is 2.11. The number of halogens is 1. The summed E-state index contributed by atoms with van der Waals surface area (Å²) in [4.78, 5) is 11.1. The molecular formula is C10H8ClN5. The summed E-state index contributed by atoms with van der Waals surface area (Å²) in [7, 11) is 0. The molecule has 80 valence electrons. The van der Waals surface area contributed by atoms with E-state index in [1.807, 2.05) is 12.1 Å². The predicted octanol–water partition coefficient (Wildman–Crippen LogP) is 1.93. The standard InChI is InChI=1S/C10H8ClN5/c11-4-2-1-3-5-6(4)7-8(12)15-10(13)16-9(7)14-5/h1-3H,(H5,12,13,14,15,16). The van der Waals surface area contributed by atoms with Gasteiger partial charge in [0.15, 0.2) is 0 Å². The van der Waals surface area contributed by atoms with Crippen molar-refractivity contribution in [2.75, 3.05) is 11.5 Å². The molecular weight excluding hydrogens is 226 g/mol. The number of rotatable bonds is 0. The summed E-state index contributed by atoms with van der Waals surface area (Å²) in [5.41, 5.74) is 12.8. The number of nitrogen functional groups attached to an aromatic ring is 2. The maximum atomic E-state index is 6.13. The minimum absolute atomic E-state index is 0.146. The monoisotopic (exact) mass is 233 g/mol. The lowest BCUT2D eigenvalue weighted by molar-refractivity contribution is 1.23. The van der Waals surface area contributed by atoms with Crippen LogP contribution in [-0.4, -0.2) is 15.0 Å². The minimum Gasteiger partial charge on any atom is -0.383 e. The number of nitrogens with zero attached hydrogens (tertiary/aromatic N) is 2. The van der Waals surface area contributed by atoms with E-state index in [0.717, 1.165) is 16.3 Å². The van der Waals surface area contributed by atoms with Crippen LogP contribution in [0.15, 0.2) is 18.2 Å². The molecule has 0 fully saturated rings. The van der Waals surface area contributed by atoms with Gasteiger partial charge >= 0.3 is 0 Å². The second-order valence-electron chi connectivity index (χ2n) is 3.48. The van der Waals surface area contributed by atoms with Crippen LogP contribution in [0, 0.1) is 0 Å². The highest BCUT2D eigenvalue weighted by atomic mass is 35.5. The molecule has 0 saturated heterocycles. The van der Waals surface area contributed by atoms with E-state index >= 15 is 0 Å². The van der Waals surface area contributed by atoms with Crippen LogP contribution < -0.4 is 11.5 Å². The van der Waals surface area contributed by atoms with Crippen molar-refractivity contribution < 1.29 is 0 Å². The Balaban J connectivity index is 2.63.